The number of methoxy groups -OCH3 is 2. The third-order valence-corrected chi connectivity index (χ3v) is 5.35. The maximum absolute atomic E-state index is 13.3. The lowest BCUT2D eigenvalue weighted by atomic mass is 10.2. The monoisotopic (exact) mass is 409 g/mol. The molecular formula is C21H19N3O4S. The molecule has 0 spiro atoms. The fourth-order valence-electron chi connectivity index (χ4n) is 3.02. The van der Waals surface area contributed by atoms with Gasteiger partial charge in [-0.15, -0.1) is 0 Å². The molecule has 0 bridgehead atoms. The van der Waals surface area contributed by atoms with Gasteiger partial charge in [-0.3, -0.25) is 9.36 Å². The Morgan fingerprint density at radius 3 is 2.59 bits per heavy atom. The summed E-state index contributed by atoms with van der Waals surface area (Å²) in [4.78, 5) is 18.0. The van der Waals surface area contributed by atoms with Crippen LogP contribution in [-0.2, 0) is 5.75 Å². The van der Waals surface area contributed by atoms with E-state index in [2.05, 4.69) is 5.16 Å². The molecule has 0 N–H and O–H groups in total. The van der Waals surface area contributed by atoms with E-state index in [9.17, 15) is 4.79 Å². The van der Waals surface area contributed by atoms with Crippen molar-refractivity contribution in [2.45, 2.75) is 17.8 Å². The summed E-state index contributed by atoms with van der Waals surface area (Å²) in [7, 11) is 3.13. The van der Waals surface area contributed by atoms with Gasteiger partial charge in [-0.25, -0.2) is 4.98 Å². The van der Waals surface area contributed by atoms with E-state index < -0.39 is 0 Å². The average Bonchev–Trinajstić information content (AvgIpc) is 3.17. The van der Waals surface area contributed by atoms with Gasteiger partial charge in [-0.1, -0.05) is 29.1 Å². The summed E-state index contributed by atoms with van der Waals surface area (Å²) >= 11 is 1.41. The van der Waals surface area contributed by atoms with Crippen LogP contribution in [0.4, 0.5) is 0 Å². The van der Waals surface area contributed by atoms with Crippen molar-refractivity contribution in [3.05, 3.63) is 70.3 Å². The molecule has 4 aromatic rings. The molecule has 0 aliphatic carbocycles. The predicted octanol–water partition coefficient (Wildman–Crippen LogP) is 3.99. The maximum Gasteiger partial charge on any atom is 0.266 e. The maximum atomic E-state index is 13.3. The zero-order valence-electron chi connectivity index (χ0n) is 16.2. The highest BCUT2D eigenvalue weighted by Gasteiger charge is 2.16. The molecule has 7 nitrogen and oxygen atoms in total. The largest absolute Gasteiger partial charge is 0.493 e. The fraction of sp³-hybridized carbons (Fsp3) is 0.190. The Kier molecular flexibility index (Phi) is 5.26. The number of ether oxygens (including phenoxy) is 2. The van der Waals surface area contributed by atoms with Gasteiger partial charge in [0.05, 0.1) is 42.3 Å². The Hall–Kier alpha value is -3.26. The van der Waals surface area contributed by atoms with Crippen molar-refractivity contribution in [2.24, 2.45) is 0 Å². The summed E-state index contributed by atoms with van der Waals surface area (Å²) in [6.45, 7) is 1.87. The molecule has 148 valence electrons. The molecule has 0 aliphatic heterocycles. The molecule has 0 saturated heterocycles. The number of hydrogen-bond donors (Lipinski definition) is 0. The van der Waals surface area contributed by atoms with Gasteiger partial charge >= 0.3 is 0 Å². The van der Waals surface area contributed by atoms with Gasteiger partial charge in [0, 0.05) is 12.1 Å². The van der Waals surface area contributed by atoms with Crippen molar-refractivity contribution in [1.82, 2.24) is 14.7 Å². The first-order chi connectivity index (χ1) is 14.1. The van der Waals surface area contributed by atoms with E-state index >= 15 is 0 Å². The number of aryl methyl sites for hydroxylation is 1. The van der Waals surface area contributed by atoms with Crippen molar-refractivity contribution in [1.29, 1.82) is 0 Å². The van der Waals surface area contributed by atoms with Gasteiger partial charge in [0.25, 0.3) is 5.56 Å². The van der Waals surface area contributed by atoms with Gasteiger partial charge in [-0.05, 0) is 31.2 Å². The highest BCUT2D eigenvalue weighted by Crippen LogP contribution is 2.31. The second-order valence-electron chi connectivity index (χ2n) is 6.31. The second kappa shape index (κ2) is 8.00. The molecule has 0 fully saturated rings. The Labute approximate surface area is 171 Å². The zero-order chi connectivity index (χ0) is 20.4. The first kappa shape index (κ1) is 19.1. The van der Waals surface area contributed by atoms with Crippen molar-refractivity contribution < 1.29 is 14.0 Å². The zero-order valence-corrected chi connectivity index (χ0v) is 17.0. The standard InChI is InChI=1S/C21H19N3O4S/c1-13-10-15(28-23-13)12-29-21-22-17-7-5-4-6-16(17)20(25)24(21)14-8-9-18(26-2)19(11-14)27-3/h4-11H,12H2,1-3H3. The van der Waals surface area contributed by atoms with E-state index in [0.29, 0.717) is 44.8 Å². The summed E-state index contributed by atoms with van der Waals surface area (Å²) in [5.41, 5.74) is 1.94. The van der Waals surface area contributed by atoms with E-state index in [-0.39, 0.29) is 5.56 Å². The van der Waals surface area contributed by atoms with Crippen molar-refractivity contribution in [2.75, 3.05) is 14.2 Å². The van der Waals surface area contributed by atoms with Gasteiger partial charge in [0.1, 0.15) is 5.76 Å². The number of hydrogen-bond acceptors (Lipinski definition) is 7. The molecule has 0 amide bonds. The van der Waals surface area contributed by atoms with Crippen LogP contribution in [0.1, 0.15) is 11.5 Å². The van der Waals surface area contributed by atoms with E-state index in [4.69, 9.17) is 19.0 Å². The molecule has 8 heteroatoms. The van der Waals surface area contributed by atoms with Crippen LogP contribution in [-0.4, -0.2) is 28.9 Å². The Morgan fingerprint density at radius 1 is 1.07 bits per heavy atom. The molecule has 2 aromatic heterocycles. The molecule has 0 atom stereocenters. The molecule has 0 saturated carbocycles. The highest BCUT2D eigenvalue weighted by atomic mass is 32.2. The summed E-state index contributed by atoms with van der Waals surface area (Å²) < 4.78 is 17.6. The van der Waals surface area contributed by atoms with Crippen LogP contribution in [0.25, 0.3) is 16.6 Å². The third kappa shape index (κ3) is 3.71. The average molecular weight is 409 g/mol. The molecule has 2 heterocycles. The molecule has 29 heavy (non-hydrogen) atoms. The molecular weight excluding hydrogens is 390 g/mol. The fourth-order valence-corrected chi connectivity index (χ4v) is 3.91. The van der Waals surface area contributed by atoms with Crippen LogP contribution in [0.15, 0.2) is 63.0 Å². The van der Waals surface area contributed by atoms with E-state index in [1.54, 1.807) is 37.0 Å². The van der Waals surface area contributed by atoms with E-state index in [1.165, 1.54) is 11.8 Å². The van der Waals surface area contributed by atoms with Crippen molar-refractivity contribution >= 4 is 22.7 Å². The summed E-state index contributed by atoms with van der Waals surface area (Å²) in [5, 5.41) is 5.01. The third-order valence-electron chi connectivity index (χ3n) is 4.39. The lowest BCUT2D eigenvalue weighted by molar-refractivity contribution is 0.354. The quantitative estimate of drug-likeness (QED) is 0.352. The number of thioether (sulfide) groups is 1. The number of nitrogens with zero attached hydrogens (tertiary/aromatic N) is 3. The first-order valence-corrected chi connectivity index (χ1v) is 9.88. The smallest absolute Gasteiger partial charge is 0.266 e. The minimum atomic E-state index is -0.154. The second-order valence-corrected chi connectivity index (χ2v) is 7.26. The minimum Gasteiger partial charge on any atom is -0.493 e. The number of aromatic nitrogens is 3. The van der Waals surface area contributed by atoms with Crippen LogP contribution >= 0.6 is 11.8 Å². The highest BCUT2D eigenvalue weighted by molar-refractivity contribution is 7.98. The Balaban J connectivity index is 1.86. The molecule has 0 radical (unpaired) electrons. The molecule has 0 aliphatic rings. The topological polar surface area (TPSA) is 79.4 Å². The lowest BCUT2D eigenvalue weighted by Gasteiger charge is -2.15. The lowest BCUT2D eigenvalue weighted by Crippen LogP contribution is -2.21. The van der Waals surface area contributed by atoms with Gasteiger partial charge in [0.15, 0.2) is 16.7 Å². The number of para-hydroxylation sites is 1. The van der Waals surface area contributed by atoms with E-state index in [0.717, 1.165) is 5.69 Å². The van der Waals surface area contributed by atoms with Crippen LogP contribution in [0.5, 0.6) is 11.5 Å². The molecule has 0 unspecified atom stereocenters. The first-order valence-electron chi connectivity index (χ1n) is 8.90. The SMILES string of the molecule is COc1ccc(-n2c(SCc3cc(C)no3)nc3ccccc3c2=O)cc1OC. The van der Waals surface area contributed by atoms with Crippen LogP contribution in [0.2, 0.25) is 0 Å². The summed E-state index contributed by atoms with van der Waals surface area (Å²) in [5.74, 6) is 2.34. The number of rotatable bonds is 6. The van der Waals surface area contributed by atoms with Gasteiger partial charge in [0.2, 0.25) is 0 Å². The van der Waals surface area contributed by atoms with Crippen molar-refractivity contribution in [3.63, 3.8) is 0 Å². The summed E-state index contributed by atoms with van der Waals surface area (Å²) in [6, 6.07) is 14.5. The number of fused-ring (bicyclic) bond motifs is 1. The van der Waals surface area contributed by atoms with Crippen LogP contribution in [0, 0.1) is 6.92 Å². The van der Waals surface area contributed by atoms with Crippen LogP contribution < -0.4 is 15.0 Å². The summed E-state index contributed by atoms with van der Waals surface area (Å²) in [6.07, 6.45) is 0. The number of benzene rings is 2. The van der Waals surface area contributed by atoms with E-state index in [1.807, 2.05) is 37.3 Å². The minimum absolute atomic E-state index is 0.154. The molecule has 4 rings (SSSR count). The van der Waals surface area contributed by atoms with Gasteiger partial charge in [-0.2, -0.15) is 0 Å². The van der Waals surface area contributed by atoms with Crippen LogP contribution in [0.3, 0.4) is 0 Å². The predicted molar refractivity (Wildman–Crippen MR) is 111 cm³/mol. The van der Waals surface area contributed by atoms with Gasteiger partial charge < -0.3 is 14.0 Å². The normalized spacial score (nSPS) is 11.0. The Morgan fingerprint density at radius 2 is 1.86 bits per heavy atom. The Bertz CT molecular complexity index is 1230. The molecule has 2 aromatic carbocycles. The van der Waals surface area contributed by atoms with Crippen molar-refractivity contribution in [3.8, 4) is 17.2 Å².